The standard InChI is InChI=1S/C13H18N2O3S/c14-11-5-4-6-12(9-11)19(17,18)10-13(16)15-7-2-1-3-8-15/h4-6,9H,1-3,7-8,10,14H2. The molecule has 2 N–H and O–H groups in total. The molecule has 0 unspecified atom stereocenters. The van der Waals surface area contributed by atoms with Gasteiger partial charge in [-0.2, -0.15) is 0 Å². The molecule has 1 saturated heterocycles. The van der Waals surface area contributed by atoms with E-state index < -0.39 is 15.6 Å². The topological polar surface area (TPSA) is 80.5 Å². The van der Waals surface area contributed by atoms with Gasteiger partial charge in [0.25, 0.3) is 0 Å². The number of nitrogens with two attached hydrogens (primary N) is 1. The number of anilines is 1. The molecule has 0 bridgehead atoms. The van der Waals surface area contributed by atoms with Crippen molar-refractivity contribution in [2.75, 3.05) is 24.6 Å². The molecule has 0 spiro atoms. The first-order chi connectivity index (χ1) is 8.99. The monoisotopic (exact) mass is 282 g/mol. The molecular formula is C13H18N2O3S. The van der Waals surface area contributed by atoms with Gasteiger partial charge < -0.3 is 10.6 Å². The first-order valence-corrected chi connectivity index (χ1v) is 8.00. The van der Waals surface area contributed by atoms with Crippen molar-refractivity contribution in [3.63, 3.8) is 0 Å². The molecule has 0 saturated carbocycles. The zero-order chi connectivity index (χ0) is 13.9. The van der Waals surface area contributed by atoms with E-state index in [1.54, 1.807) is 17.0 Å². The molecule has 1 amide bonds. The fourth-order valence-corrected chi connectivity index (χ4v) is 3.46. The summed E-state index contributed by atoms with van der Waals surface area (Å²) in [7, 11) is -3.60. The third kappa shape index (κ3) is 3.47. The van der Waals surface area contributed by atoms with Crippen molar-refractivity contribution in [3.8, 4) is 0 Å². The van der Waals surface area contributed by atoms with Crippen LogP contribution >= 0.6 is 0 Å². The number of carbonyl (C=O) groups excluding carboxylic acids is 1. The number of rotatable bonds is 3. The van der Waals surface area contributed by atoms with Crippen LogP contribution in [-0.2, 0) is 14.6 Å². The largest absolute Gasteiger partial charge is 0.399 e. The van der Waals surface area contributed by atoms with Crippen LogP contribution in [0.5, 0.6) is 0 Å². The summed E-state index contributed by atoms with van der Waals surface area (Å²) in [5, 5.41) is 0. The Labute approximate surface area is 113 Å². The molecule has 0 aromatic heterocycles. The van der Waals surface area contributed by atoms with Gasteiger partial charge in [0.15, 0.2) is 9.84 Å². The number of likely N-dealkylation sites (tertiary alicyclic amines) is 1. The van der Waals surface area contributed by atoms with Crippen molar-refractivity contribution in [1.29, 1.82) is 0 Å². The fraction of sp³-hybridized carbons (Fsp3) is 0.462. The predicted octanol–water partition coefficient (Wildman–Crippen LogP) is 1.05. The number of nitrogens with zero attached hydrogens (tertiary/aromatic N) is 1. The third-order valence-electron chi connectivity index (χ3n) is 3.24. The van der Waals surface area contributed by atoms with Crippen molar-refractivity contribution >= 4 is 21.4 Å². The van der Waals surface area contributed by atoms with Gasteiger partial charge in [-0.25, -0.2) is 8.42 Å². The molecule has 1 aromatic rings. The summed E-state index contributed by atoms with van der Waals surface area (Å²) in [5.41, 5.74) is 5.95. The number of hydrogen-bond donors (Lipinski definition) is 1. The maximum atomic E-state index is 12.1. The molecule has 1 aromatic carbocycles. The zero-order valence-corrected chi connectivity index (χ0v) is 11.5. The van der Waals surface area contributed by atoms with Crippen LogP contribution in [0.1, 0.15) is 19.3 Å². The number of piperidine rings is 1. The fourth-order valence-electron chi connectivity index (χ4n) is 2.19. The first-order valence-electron chi connectivity index (χ1n) is 6.35. The summed E-state index contributed by atoms with van der Waals surface area (Å²) in [6.07, 6.45) is 3.00. The van der Waals surface area contributed by atoms with Crippen LogP contribution < -0.4 is 5.73 Å². The molecule has 0 radical (unpaired) electrons. The third-order valence-corrected chi connectivity index (χ3v) is 4.84. The highest BCUT2D eigenvalue weighted by atomic mass is 32.2. The van der Waals surface area contributed by atoms with Gasteiger partial charge in [-0.15, -0.1) is 0 Å². The maximum Gasteiger partial charge on any atom is 0.238 e. The molecule has 19 heavy (non-hydrogen) atoms. The van der Waals surface area contributed by atoms with Crippen molar-refractivity contribution in [2.24, 2.45) is 0 Å². The summed E-state index contributed by atoms with van der Waals surface area (Å²) in [5.74, 6) is -0.793. The van der Waals surface area contributed by atoms with Gasteiger partial charge in [0, 0.05) is 18.8 Å². The molecule has 1 aliphatic rings. The molecule has 6 heteroatoms. The van der Waals surface area contributed by atoms with Gasteiger partial charge in [-0.3, -0.25) is 4.79 Å². The van der Waals surface area contributed by atoms with Crippen LogP contribution in [0.25, 0.3) is 0 Å². The normalized spacial score (nSPS) is 16.3. The van der Waals surface area contributed by atoms with E-state index in [1.807, 2.05) is 0 Å². The van der Waals surface area contributed by atoms with Crippen molar-refractivity contribution in [3.05, 3.63) is 24.3 Å². The number of sulfone groups is 1. The minimum Gasteiger partial charge on any atom is -0.399 e. The summed E-state index contributed by atoms with van der Waals surface area (Å²) in [6.45, 7) is 1.32. The Morgan fingerprint density at radius 3 is 2.53 bits per heavy atom. The summed E-state index contributed by atoms with van der Waals surface area (Å²) >= 11 is 0. The van der Waals surface area contributed by atoms with Crippen LogP contribution in [0.15, 0.2) is 29.2 Å². The Kier molecular flexibility index (Phi) is 4.09. The second kappa shape index (κ2) is 5.61. The predicted molar refractivity (Wildman–Crippen MR) is 73.3 cm³/mol. The molecule has 0 aliphatic carbocycles. The summed E-state index contributed by atoms with van der Waals surface area (Å²) in [6, 6.07) is 6.05. The van der Waals surface area contributed by atoms with Crippen LogP contribution in [0.3, 0.4) is 0 Å². The van der Waals surface area contributed by atoms with Crippen LogP contribution in [0.2, 0.25) is 0 Å². The van der Waals surface area contributed by atoms with Gasteiger partial charge in [-0.1, -0.05) is 6.07 Å². The highest BCUT2D eigenvalue weighted by Gasteiger charge is 2.24. The van der Waals surface area contributed by atoms with Gasteiger partial charge >= 0.3 is 0 Å². The molecule has 0 atom stereocenters. The lowest BCUT2D eigenvalue weighted by Crippen LogP contribution is -2.39. The average molecular weight is 282 g/mol. The number of benzene rings is 1. The van der Waals surface area contributed by atoms with E-state index in [1.165, 1.54) is 12.1 Å². The van der Waals surface area contributed by atoms with E-state index in [2.05, 4.69) is 0 Å². The molecule has 2 rings (SSSR count). The van der Waals surface area contributed by atoms with Gasteiger partial charge in [0.2, 0.25) is 5.91 Å². The van der Waals surface area contributed by atoms with E-state index >= 15 is 0 Å². The van der Waals surface area contributed by atoms with E-state index in [0.717, 1.165) is 19.3 Å². The number of nitrogen functional groups attached to an aromatic ring is 1. The lowest BCUT2D eigenvalue weighted by atomic mass is 10.1. The number of amides is 1. The first kappa shape index (κ1) is 13.9. The van der Waals surface area contributed by atoms with Gasteiger partial charge in [-0.05, 0) is 37.5 Å². The number of carbonyl (C=O) groups is 1. The maximum absolute atomic E-state index is 12.1. The molecule has 1 aliphatic heterocycles. The minimum atomic E-state index is -3.60. The Hall–Kier alpha value is -1.56. The molecule has 1 fully saturated rings. The average Bonchev–Trinajstić information content (AvgIpc) is 2.39. The smallest absolute Gasteiger partial charge is 0.238 e. The minimum absolute atomic E-state index is 0.109. The molecule has 1 heterocycles. The Morgan fingerprint density at radius 1 is 1.21 bits per heavy atom. The van der Waals surface area contributed by atoms with E-state index in [0.29, 0.717) is 18.8 Å². The van der Waals surface area contributed by atoms with E-state index in [9.17, 15) is 13.2 Å². The van der Waals surface area contributed by atoms with Crippen LogP contribution in [0.4, 0.5) is 5.69 Å². The van der Waals surface area contributed by atoms with Crippen LogP contribution in [-0.4, -0.2) is 38.1 Å². The quantitative estimate of drug-likeness (QED) is 0.840. The second-order valence-corrected chi connectivity index (χ2v) is 6.76. The Bertz CT molecular complexity index is 563. The zero-order valence-electron chi connectivity index (χ0n) is 10.7. The molecule has 104 valence electrons. The van der Waals surface area contributed by atoms with Gasteiger partial charge in [0.1, 0.15) is 5.75 Å². The van der Waals surface area contributed by atoms with Crippen molar-refractivity contribution in [2.45, 2.75) is 24.2 Å². The SMILES string of the molecule is Nc1cccc(S(=O)(=O)CC(=O)N2CCCCC2)c1. The van der Waals surface area contributed by atoms with Crippen LogP contribution in [0, 0.1) is 0 Å². The van der Waals surface area contributed by atoms with Gasteiger partial charge in [0.05, 0.1) is 4.90 Å². The lowest BCUT2D eigenvalue weighted by Gasteiger charge is -2.26. The lowest BCUT2D eigenvalue weighted by molar-refractivity contribution is -0.129. The van der Waals surface area contributed by atoms with Crippen molar-refractivity contribution in [1.82, 2.24) is 4.90 Å². The van der Waals surface area contributed by atoms with E-state index in [-0.39, 0.29) is 10.8 Å². The Morgan fingerprint density at radius 2 is 1.89 bits per heavy atom. The number of hydrogen-bond acceptors (Lipinski definition) is 4. The Balaban J connectivity index is 2.10. The summed E-state index contributed by atoms with van der Waals surface area (Å²) in [4.78, 5) is 13.7. The van der Waals surface area contributed by atoms with Crippen molar-refractivity contribution < 1.29 is 13.2 Å². The summed E-state index contributed by atoms with van der Waals surface area (Å²) < 4.78 is 24.3. The second-order valence-electron chi connectivity index (χ2n) is 4.77. The highest BCUT2D eigenvalue weighted by molar-refractivity contribution is 7.92. The highest BCUT2D eigenvalue weighted by Crippen LogP contribution is 2.16. The molecule has 5 nitrogen and oxygen atoms in total. The molecular weight excluding hydrogens is 264 g/mol. The van der Waals surface area contributed by atoms with E-state index in [4.69, 9.17) is 5.73 Å².